The molecular formula is C25H39N6OsS. The van der Waals surface area contributed by atoms with Crippen LogP contribution >= 0.6 is 11.9 Å². The topological polar surface area (TPSA) is 79.1 Å². The van der Waals surface area contributed by atoms with Crippen LogP contribution < -0.4 is 20.7 Å². The van der Waals surface area contributed by atoms with E-state index in [9.17, 15) is 0 Å². The number of fused-ring (bicyclic) bond motifs is 3. The number of nitrogens with two attached hydrogens (primary N) is 1. The number of aromatic nitrogens is 2. The summed E-state index contributed by atoms with van der Waals surface area (Å²) < 4.78 is 3.29. The van der Waals surface area contributed by atoms with Crippen molar-refractivity contribution in [1.82, 2.24) is 20.0 Å². The maximum atomic E-state index is 6.17. The molecule has 0 unspecified atom stereocenters. The van der Waals surface area contributed by atoms with Gasteiger partial charge in [0.25, 0.3) is 0 Å². The Morgan fingerprint density at radius 1 is 1.24 bits per heavy atom. The Kier molecular flexibility index (Phi) is 11.1. The largest absolute Gasteiger partial charge is 1.00 e. The molecule has 4 N–H and O–H groups in total. The predicted octanol–water partition coefficient (Wildman–Crippen LogP) is 4.20. The first kappa shape index (κ1) is 28.0. The van der Waals surface area contributed by atoms with Gasteiger partial charge in [0, 0.05) is 31.7 Å². The normalized spacial score (nSPS) is 16.5. The molecule has 0 spiro atoms. The van der Waals surface area contributed by atoms with Crippen molar-refractivity contribution in [1.29, 1.82) is 0 Å². The molecule has 2 aliphatic rings. The first-order valence-corrected chi connectivity index (χ1v) is 12.9. The van der Waals surface area contributed by atoms with Gasteiger partial charge in [0.1, 0.15) is 12.1 Å². The molecule has 0 amide bonds. The van der Waals surface area contributed by atoms with Crippen molar-refractivity contribution in [3.8, 4) is 11.3 Å². The molecule has 8 heteroatoms. The van der Waals surface area contributed by atoms with Crippen LogP contribution in [0.25, 0.3) is 11.3 Å². The fraction of sp³-hybridized carbons (Fsp3) is 0.600. The van der Waals surface area contributed by atoms with Crippen molar-refractivity contribution in [3.63, 3.8) is 0 Å². The van der Waals surface area contributed by atoms with Crippen LogP contribution in [0.2, 0.25) is 0 Å². The van der Waals surface area contributed by atoms with Gasteiger partial charge in [-0.25, -0.2) is 9.97 Å². The smallest absolute Gasteiger partial charge is 0.395 e. The van der Waals surface area contributed by atoms with E-state index in [0.29, 0.717) is 5.82 Å². The molecule has 183 valence electrons. The van der Waals surface area contributed by atoms with Crippen LogP contribution in [0.4, 0.5) is 11.5 Å². The molecule has 1 radical (unpaired) electrons. The quantitative estimate of drug-likeness (QED) is 0.247. The van der Waals surface area contributed by atoms with E-state index in [1.165, 1.54) is 37.7 Å². The van der Waals surface area contributed by atoms with Crippen LogP contribution in [0.3, 0.4) is 0 Å². The van der Waals surface area contributed by atoms with Crippen molar-refractivity contribution in [2.75, 3.05) is 44.1 Å². The van der Waals surface area contributed by atoms with E-state index in [1.807, 2.05) is 12.3 Å². The fourth-order valence-electron chi connectivity index (χ4n) is 4.88. The van der Waals surface area contributed by atoms with Crippen LogP contribution in [0.15, 0.2) is 18.5 Å². The van der Waals surface area contributed by atoms with Crippen molar-refractivity contribution >= 4 is 23.5 Å². The van der Waals surface area contributed by atoms with Crippen molar-refractivity contribution in [2.24, 2.45) is 0 Å². The second-order valence-corrected chi connectivity index (χ2v) is 10.1. The minimum Gasteiger partial charge on any atom is -0.395 e. The summed E-state index contributed by atoms with van der Waals surface area (Å²) in [7, 11) is 4.18. The number of hydrogen-bond donors (Lipinski definition) is 3. The zero-order chi connectivity index (χ0) is 23.1. The Labute approximate surface area is 217 Å². The van der Waals surface area contributed by atoms with Gasteiger partial charge < -0.3 is 16.0 Å². The summed E-state index contributed by atoms with van der Waals surface area (Å²) in [6, 6.07) is 8.33. The molecule has 2 aliphatic carbocycles. The van der Waals surface area contributed by atoms with Crippen LogP contribution in [0.1, 0.15) is 57.1 Å². The van der Waals surface area contributed by atoms with Gasteiger partial charge in [0.2, 0.25) is 0 Å². The van der Waals surface area contributed by atoms with Gasteiger partial charge in [-0.1, -0.05) is 57.2 Å². The van der Waals surface area contributed by atoms with Gasteiger partial charge in [-0.15, -0.1) is 11.1 Å². The second-order valence-electron chi connectivity index (χ2n) is 9.41. The number of anilines is 2. The SMILES string of the molecule is CNC1CCCCC1.CSNCCN(C)c1[c-]ccc2c1CC(C)(C)c1c(N)ncnc1-2.[Os+]. The third-order valence-corrected chi connectivity index (χ3v) is 7.09. The number of rotatable bonds is 6. The number of hydrogen-bond acceptors (Lipinski definition) is 7. The van der Waals surface area contributed by atoms with E-state index in [0.717, 1.165) is 48.1 Å². The third kappa shape index (κ3) is 6.91. The zero-order valence-electron chi connectivity index (χ0n) is 20.6. The Hall–Kier alpha value is -1.19. The first-order chi connectivity index (χ1) is 15.4. The van der Waals surface area contributed by atoms with Gasteiger partial charge in [0.15, 0.2) is 0 Å². The third-order valence-electron chi connectivity index (χ3n) is 6.60. The van der Waals surface area contributed by atoms with E-state index in [2.05, 4.69) is 65.0 Å². The summed E-state index contributed by atoms with van der Waals surface area (Å²) in [5.74, 6) is 0.586. The van der Waals surface area contributed by atoms with Crippen molar-refractivity contribution < 1.29 is 19.8 Å². The molecule has 1 heterocycles. The number of nitrogen functional groups attached to an aromatic ring is 1. The molecule has 0 aliphatic heterocycles. The molecule has 1 aromatic carbocycles. The Bertz CT molecular complexity index is 885. The van der Waals surface area contributed by atoms with E-state index < -0.39 is 0 Å². The summed E-state index contributed by atoms with van der Waals surface area (Å²) in [5, 5.41) is 3.30. The molecule has 1 aromatic heterocycles. The molecule has 0 saturated heterocycles. The van der Waals surface area contributed by atoms with Gasteiger partial charge in [-0.2, -0.15) is 18.2 Å². The maximum Gasteiger partial charge on any atom is 1.00 e. The Balaban J connectivity index is 0.000000364. The number of likely N-dealkylation sites (N-methyl/N-ethyl adjacent to an activating group) is 1. The summed E-state index contributed by atoms with van der Waals surface area (Å²) in [5.41, 5.74) is 11.7. The molecule has 4 rings (SSSR count). The number of nitrogens with zero attached hydrogens (tertiary/aromatic N) is 3. The summed E-state index contributed by atoms with van der Waals surface area (Å²) in [6.07, 6.45) is 11.6. The minimum absolute atomic E-state index is 0. The second kappa shape index (κ2) is 13.0. The predicted molar refractivity (Wildman–Crippen MR) is 138 cm³/mol. The van der Waals surface area contributed by atoms with E-state index in [1.54, 1.807) is 18.3 Å². The number of benzene rings is 1. The van der Waals surface area contributed by atoms with Crippen LogP contribution in [-0.4, -0.2) is 49.5 Å². The molecule has 1 saturated carbocycles. The van der Waals surface area contributed by atoms with Gasteiger partial charge in [-0.05, 0) is 31.6 Å². The standard InChI is InChI=1S/C18H24N5S.C7H15N.Os/c1-18(2)10-13-12(16-15(18)17(19)21-11-20-16)6-5-7-14(13)23(3)9-8-22-24-4;1-8-7-5-3-2-4-6-7;/h5-6,11,22H,8-10H2,1-4H3,(H2,19,20,21);7-8H,2-6H2,1H3;/q-1;;+1. The van der Waals surface area contributed by atoms with Crippen LogP contribution in [-0.2, 0) is 31.6 Å². The van der Waals surface area contributed by atoms with Gasteiger partial charge in [-0.3, -0.25) is 4.72 Å². The first-order valence-electron chi connectivity index (χ1n) is 11.7. The molecule has 0 bridgehead atoms. The van der Waals surface area contributed by atoms with Gasteiger partial charge >= 0.3 is 19.8 Å². The minimum atomic E-state index is -0.101. The zero-order valence-corrected chi connectivity index (χ0v) is 24.0. The maximum absolute atomic E-state index is 6.17. The molecule has 2 aromatic rings. The van der Waals surface area contributed by atoms with E-state index >= 15 is 0 Å². The average molecular weight is 646 g/mol. The van der Waals surface area contributed by atoms with Crippen LogP contribution in [0.5, 0.6) is 0 Å². The van der Waals surface area contributed by atoms with Crippen molar-refractivity contribution in [3.05, 3.63) is 35.7 Å². The molecule has 33 heavy (non-hydrogen) atoms. The summed E-state index contributed by atoms with van der Waals surface area (Å²) >= 11 is 1.64. The summed E-state index contributed by atoms with van der Waals surface area (Å²) in [6.45, 7) is 6.26. The molecule has 1 fully saturated rings. The monoisotopic (exact) mass is 647 g/mol. The Morgan fingerprint density at radius 2 is 1.97 bits per heavy atom. The van der Waals surface area contributed by atoms with Gasteiger partial charge in [0.05, 0.1) is 5.69 Å². The van der Waals surface area contributed by atoms with Crippen molar-refractivity contribution in [2.45, 2.75) is 63.8 Å². The molecule has 0 atom stereocenters. The van der Waals surface area contributed by atoms with E-state index in [-0.39, 0.29) is 25.2 Å². The molecular weight excluding hydrogens is 607 g/mol. The molecule has 6 nitrogen and oxygen atoms in total. The summed E-state index contributed by atoms with van der Waals surface area (Å²) in [4.78, 5) is 11.0. The fourth-order valence-corrected chi connectivity index (χ4v) is 5.18. The van der Waals surface area contributed by atoms with E-state index in [4.69, 9.17) is 5.73 Å². The van der Waals surface area contributed by atoms with Crippen LogP contribution in [0, 0.1) is 6.07 Å². The Morgan fingerprint density at radius 3 is 2.61 bits per heavy atom. The average Bonchev–Trinajstić information content (AvgIpc) is 2.79. The number of nitrogens with one attached hydrogen (secondary N) is 2.